The maximum Gasteiger partial charge on any atom is 0.139 e. The van der Waals surface area contributed by atoms with Crippen LogP contribution in [0.15, 0.2) is 78.7 Å². The molecule has 224 valence electrons. The summed E-state index contributed by atoms with van der Waals surface area (Å²) in [6, 6.07) is 7.64. The molecule has 1 saturated heterocycles. The highest BCUT2D eigenvalue weighted by atomic mass is 16.5. The van der Waals surface area contributed by atoms with Crippen LogP contribution in [0.1, 0.15) is 117 Å². The van der Waals surface area contributed by atoms with Gasteiger partial charge >= 0.3 is 0 Å². The zero-order valence-electron chi connectivity index (χ0n) is 26.0. The van der Waals surface area contributed by atoms with Crippen molar-refractivity contribution in [1.82, 2.24) is 10.2 Å². The van der Waals surface area contributed by atoms with E-state index >= 15 is 0 Å². The van der Waals surface area contributed by atoms with E-state index in [4.69, 9.17) is 4.74 Å². The van der Waals surface area contributed by atoms with E-state index < -0.39 is 0 Å². The third kappa shape index (κ3) is 9.84. The van der Waals surface area contributed by atoms with Crippen LogP contribution >= 0.6 is 0 Å². The van der Waals surface area contributed by atoms with Gasteiger partial charge in [0.25, 0.3) is 0 Å². The smallest absolute Gasteiger partial charge is 0.139 e. The minimum atomic E-state index is 0. The number of unbranched alkanes of at least 4 members (excludes halogenated alkanes) is 2. The Morgan fingerprint density at radius 1 is 1.07 bits per heavy atom. The highest BCUT2D eigenvalue weighted by Crippen LogP contribution is 2.45. The largest absolute Gasteiger partial charge is 0.478 e. The molecule has 3 nitrogen and oxygen atoms in total. The third-order valence-corrected chi connectivity index (χ3v) is 8.15. The van der Waals surface area contributed by atoms with E-state index in [0.29, 0.717) is 24.6 Å². The summed E-state index contributed by atoms with van der Waals surface area (Å²) in [4.78, 5) is 2.46. The van der Waals surface area contributed by atoms with Crippen LogP contribution in [0.25, 0.3) is 0 Å². The summed E-state index contributed by atoms with van der Waals surface area (Å²) in [5.41, 5.74) is 8.47. The highest BCUT2D eigenvalue weighted by molar-refractivity contribution is 5.42. The summed E-state index contributed by atoms with van der Waals surface area (Å²) in [6.45, 7) is 25.3. The average Bonchev–Trinajstić information content (AvgIpc) is 2.92. The number of hydrogen-bond donors (Lipinski definition) is 1. The fourth-order valence-electron chi connectivity index (χ4n) is 5.96. The molecule has 0 amide bonds. The van der Waals surface area contributed by atoms with Gasteiger partial charge in [0.2, 0.25) is 0 Å². The monoisotopic (exact) mass is 548 g/mol. The van der Waals surface area contributed by atoms with Crippen LogP contribution in [0, 0.1) is 5.92 Å². The molecule has 1 aliphatic carbocycles. The van der Waals surface area contributed by atoms with Crippen LogP contribution < -0.4 is 10.1 Å². The Hall–Kier alpha value is -2.52. The second-order valence-electron chi connectivity index (χ2n) is 11.3. The van der Waals surface area contributed by atoms with Crippen molar-refractivity contribution in [3.05, 3.63) is 89.8 Å². The predicted octanol–water partition coefficient (Wildman–Crippen LogP) is 10.5. The van der Waals surface area contributed by atoms with Gasteiger partial charge in [-0.05, 0) is 89.8 Å². The molecular weight excluding hydrogens is 488 g/mol. The van der Waals surface area contributed by atoms with Crippen molar-refractivity contribution in [2.24, 2.45) is 5.92 Å². The number of benzene rings is 1. The van der Waals surface area contributed by atoms with E-state index in [0.717, 1.165) is 18.7 Å². The molecule has 40 heavy (non-hydrogen) atoms. The lowest BCUT2D eigenvalue weighted by atomic mass is 9.78. The van der Waals surface area contributed by atoms with Crippen LogP contribution in [-0.2, 0) is 6.42 Å². The minimum absolute atomic E-state index is 0. The van der Waals surface area contributed by atoms with Crippen LogP contribution in [0.5, 0.6) is 5.75 Å². The number of ether oxygens (including phenoxy) is 1. The summed E-state index contributed by atoms with van der Waals surface area (Å²) in [5, 5.41) is 3.58. The second-order valence-corrected chi connectivity index (χ2v) is 11.3. The van der Waals surface area contributed by atoms with E-state index in [2.05, 4.69) is 81.9 Å². The summed E-state index contributed by atoms with van der Waals surface area (Å²) in [7, 11) is 0. The Morgan fingerprint density at radius 2 is 1.77 bits per heavy atom. The maximum absolute atomic E-state index is 6.40. The van der Waals surface area contributed by atoms with Crippen molar-refractivity contribution in [2.75, 3.05) is 13.3 Å². The van der Waals surface area contributed by atoms with Gasteiger partial charge in [-0.25, -0.2) is 0 Å². The SMILES string of the molecule is C.C=C1C(C)C2CCC(CNCOc3cc(CCCCC)ccc3C3C=C(C)CCC3)=C(C)N12.C=CC.C=CC. The molecule has 2 heterocycles. The van der Waals surface area contributed by atoms with Crippen LogP contribution in [0.2, 0.25) is 0 Å². The molecule has 1 N–H and O–H groups in total. The third-order valence-electron chi connectivity index (χ3n) is 8.15. The molecule has 1 fully saturated rings. The van der Waals surface area contributed by atoms with Gasteiger partial charge in [0.05, 0.1) is 0 Å². The van der Waals surface area contributed by atoms with Crippen LogP contribution in [-0.4, -0.2) is 24.2 Å². The van der Waals surface area contributed by atoms with E-state index in [1.54, 1.807) is 12.2 Å². The molecule has 1 aromatic carbocycles. The van der Waals surface area contributed by atoms with Crippen LogP contribution in [0.4, 0.5) is 0 Å². The highest BCUT2D eigenvalue weighted by Gasteiger charge is 2.42. The first kappa shape index (κ1) is 35.5. The number of allylic oxidation sites excluding steroid dienone is 5. The lowest BCUT2D eigenvalue weighted by Gasteiger charge is -2.54. The molecule has 0 radical (unpaired) electrons. The van der Waals surface area contributed by atoms with Gasteiger partial charge in [0.1, 0.15) is 12.5 Å². The first-order chi connectivity index (χ1) is 18.8. The number of aryl methyl sites for hydroxylation is 1. The van der Waals surface area contributed by atoms with E-state index in [1.165, 1.54) is 85.0 Å². The van der Waals surface area contributed by atoms with E-state index in [-0.39, 0.29) is 7.43 Å². The fraction of sp³-hybridized carbons (Fsp3) is 0.568. The number of nitrogens with one attached hydrogen (secondary N) is 1. The standard InChI is InChI=1S/C30H44N2O.2C3H6.CH4/c1-6-7-8-11-25-13-15-28(26-12-9-10-21(2)17-26)30(18-25)33-20-31-19-27-14-16-29-22(3)23(4)32(29)24(27)5;2*1-3-2;/h13,15,17-18,22,26,29,31H,4,6-12,14,16,19-20H2,1-3,5H3;2*3H,1H2,2H3;1H4. The molecule has 4 rings (SSSR count). The number of hydrogen-bond acceptors (Lipinski definition) is 3. The predicted molar refractivity (Wildman–Crippen MR) is 178 cm³/mol. The van der Waals surface area contributed by atoms with Crippen molar-refractivity contribution < 1.29 is 4.74 Å². The van der Waals surface area contributed by atoms with Crippen molar-refractivity contribution in [3.63, 3.8) is 0 Å². The quantitative estimate of drug-likeness (QED) is 0.179. The van der Waals surface area contributed by atoms with Gasteiger partial charge in [-0.1, -0.05) is 76.6 Å². The molecule has 3 unspecified atom stereocenters. The number of rotatable bonds is 10. The van der Waals surface area contributed by atoms with Gasteiger partial charge in [0.15, 0.2) is 0 Å². The normalized spacial score (nSPS) is 21.2. The second kappa shape index (κ2) is 18.8. The Balaban J connectivity index is 0.00000105. The van der Waals surface area contributed by atoms with Crippen molar-refractivity contribution in [1.29, 1.82) is 0 Å². The summed E-state index contributed by atoms with van der Waals surface area (Å²) < 4.78 is 6.40. The lowest BCUT2D eigenvalue weighted by Crippen LogP contribution is -2.53. The first-order valence-electron chi connectivity index (χ1n) is 15.3. The zero-order chi connectivity index (χ0) is 28.8. The lowest BCUT2D eigenvalue weighted by molar-refractivity contribution is 0.110. The average molecular weight is 549 g/mol. The van der Waals surface area contributed by atoms with E-state index in [9.17, 15) is 0 Å². The fourth-order valence-corrected chi connectivity index (χ4v) is 5.96. The Bertz CT molecular complexity index is 995. The number of fused-ring (bicyclic) bond motifs is 1. The van der Waals surface area contributed by atoms with Crippen molar-refractivity contribution in [2.45, 2.75) is 119 Å². The van der Waals surface area contributed by atoms with Gasteiger partial charge in [-0.15, -0.1) is 13.2 Å². The number of nitrogens with zero attached hydrogens (tertiary/aromatic N) is 1. The molecular formula is C37H60N2O. The summed E-state index contributed by atoms with van der Waals surface area (Å²) in [6.07, 6.45) is 17.1. The molecule has 1 aromatic rings. The zero-order valence-corrected chi connectivity index (χ0v) is 26.0. The molecule has 3 atom stereocenters. The molecule has 0 saturated carbocycles. The topological polar surface area (TPSA) is 24.5 Å². The Kier molecular flexibility index (Phi) is 16.6. The molecule has 0 aromatic heterocycles. The van der Waals surface area contributed by atoms with Crippen LogP contribution in [0.3, 0.4) is 0 Å². The summed E-state index contributed by atoms with van der Waals surface area (Å²) >= 11 is 0. The van der Waals surface area contributed by atoms with Crippen molar-refractivity contribution >= 4 is 0 Å². The minimum Gasteiger partial charge on any atom is -0.478 e. The summed E-state index contributed by atoms with van der Waals surface area (Å²) in [5.74, 6) is 2.20. The maximum atomic E-state index is 6.40. The van der Waals surface area contributed by atoms with Gasteiger partial charge < -0.3 is 9.64 Å². The molecule has 3 aliphatic rings. The van der Waals surface area contributed by atoms with Gasteiger partial charge in [-0.2, -0.15) is 0 Å². The van der Waals surface area contributed by atoms with Crippen molar-refractivity contribution in [3.8, 4) is 5.75 Å². The first-order valence-corrected chi connectivity index (χ1v) is 15.3. The molecule has 3 heteroatoms. The molecule has 0 spiro atoms. The van der Waals surface area contributed by atoms with Gasteiger partial charge in [0, 0.05) is 41.4 Å². The van der Waals surface area contributed by atoms with E-state index in [1.807, 2.05) is 13.8 Å². The Labute approximate surface area is 248 Å². The molecule has 0 bridgehead atoms. The Morgan fingerprint density at radius 3 is 2.42 bits per heavy atom. The molecule has 2 aliphatic heterocycles. The van der Waals surface area contributed by atoms with Gasteiger partial charge in [-0.3, -0.25) is 5.32 Å².